The van der Waals surface area contributed by atoms with E-state index < -0.39 is 12.3 Å². The minimum Gasteiger partial charge on any atom is -0.491 e. The molecule has 0 saturated heterocycles. The lowest BCUT2D eigenvalue weighted by Gasteiger charge is -2.10. The second kappa shape index (κ2) is 12.6. The van der Waals surface area contributed by atoms with Gasteiger partial charge in [-0.05, 0) is 64.9 Å². The lowest BCUT2D eigenvalue weighted by Crippen LogP contribution is -2.24. The van der Waals surface area contributed by atoms with Crippen LogP contribution in [0.5, 0.6) is 11.5 Å². The van der Waals surface area contributed by atoms with Gasteiger partial charge in [-0.25, -0.2) is 10.1 Å². The third kappa shape index (κ3) is 7.15. The first-order valence-electron chi connectivity index (χ1n) is 13.2. The molecule has 0 aliphatic heterocycles. The number of alkyl halides is 3. The minimum atomic E-state index is -4.80. The molecule has 0 aliphatic rings. The first kappa shape index (κ1) is 29.6. The molecule has 0 fully saturated rings. The van der Waals surface area contributed by atoms with Crippen molar-refractivity contribution < 1.29 is 27.4 Å². The van der Waals surface area contributed by atoms with Crippen LogP contribution in [0.4, 0.5) is 24.8 Å². The number of aromatic amines is 1. The van der Waals surface area contributed by atoms with Gasteiger partial charge in [0.15, 0.2) is 0 Å². The third-order valence-corrected chi connectivity index (χ3v) is 6.59. The topological polar surface area (TPSA) is 124 Å². The van der Waals surface area contributed by atoms with Crippen LogP contribution >= 0.6 is 11.6 Å². The molecule has 43 heavy (non-hydrogen) atoms. The molecular weight excluding hydrogens is 589 g/mol. The van der Waals surface area contributed by atoms with Crippen LogP contribution in [0.25, 0.3) is 11.0 Å². The number of hydrogen-bond donors (Lipinski definition) is 2. The van der Waals surface area contributed by atoms with Gasteiger partial charge in [-0.1, -0.05) is 42.2 Å². The molecule has 1 amide bonds. The highest BCUT2D eigenvalue weighted by atomic mass is 35.5. The van der Waals surface area contributed by atoms with Crippen molar-refractivity contribution in [3.05, 3.63) is 82.4 Å². The number of hydrogen-bond acceptors (Lipinski definition) is 7. The number of amides is 1. The molecule has 0 spiro atoms. The number of benzene rings is 3. The number of ether oxygens (including phenoxy) is 2. The number of fused-ring (bicyclic) bond motifs is 1. The summed E-state index contributed by atoms with van der Waals surface area (Å²) >= 11 is 6.52. The van der Waals surface area contributed by atoms with Gasteiger partial charge in [0.25, 0.3) is 5.91 Å². The van der Waals surface area contributed by atoms with Crippen molar-refractivity contribution in [1.29, 1.82) is 0 Å². The van der Waals surface area contributed by atoms with Crippen molar-refractivity contribution in [2.45, 2.75) is 32.7 Å². The summed E-state index contributed by atoms with van der Waals surface area (Å²) in [6.45, 7) is 2.89. The van der Waals surface area contributed by atoms with E-state index >= 15 is 0 Å². The molecule has 0 radical (unpaired) electrons. The van der Waals surface area contributed by atoms with Gasteiger partial charge in [0, 0.05) is 23.7 Å². The molecule has 0 aliphatic carbocycles. The molecule has 3 aromatic carbocycles. The molecule has 11 nitrogen and oxygen atoms in total. The Balaban J connectivity index is 1.55. The largest absolute Gasteiger partial charge is 0.573 e. The molecule has 2 heterocycles. The summed E-state index contributed by atoms with van der Waals surface area (Å²) in [6, 6.07) is 15.8. The van der Waals surface area contributed by atoms with Crippen LogP contribution in [0.2, 0.25) is 5.02 Å². The smallest absolute Gasteiger partial charge is 0.491 e. The molecule has 0 saturated carbocycles. The SMILES string of the molecule is CCCCOc1cc(Cl)cc2c1n(C)c(=Nc1ccc(OC(F)(F)F)cc1)n2Cc1ccc(C(=O)Nc2nnn[nH]2)cc1. The van der Waals surface area contributed by atoms with E-state index in [1.54, 1.807) is 36.4 Å². The predicted octanol–water partition coefficient (Wildman–Crippen LogP) is 5.76. The summed E-state index contributed by atoms with van der Waals surface area (Å²) in [5, 5.41) is 16.0. The Kier molecular flexibility index (Phi) is 8.66. The van der Waals surface area contributed by atoms with Crippen molar-refractivity contribution in [1.82, 2.24) is 29.8 Å². The fourth-order valence-corrected chi connectivity index (χ4v) is 4.60. The van der Waals surface area contributed by atoms with E-state index in [-0.39, 0.29) is 11.7 Å². The van der Waals surface area contributed by atoms with Crippen LogP contribution in [0.3, 0.4) is 0 Å². The van der Waals surface area contributed by atoms with Crippen molar-refractivity contribution in [2.75, 3.05) is 11.9 Å². The first-order valence-corrected chi connectivity index (χ1v) is 13.5. The Hall–Kier alpha value is -4.85. The van der Waals surface area contributed by atoms with Crippen LogP contribution in [0, 0.1) is 0 Å². The lowest BCUT2D eigenvalue weighted by atomic mass is 10.1. The van der Waals surface area contributed by atoms with Gasteiger partial charge in [-0.2, -0.15) is 0 Å². The fourth-order valence-electron chi connectivity index (χ4n) is 4.39. The number of aromatic nitrogens is 6. The number of halogens is 4. The second-order valence-corrected chi connectivity index (χ2v) is 9.91. The zero-order chi connectivity index (χ0) is 30.6. The first-order chi connectivity index (χ1) is 20.6. The number of tetrazole rings is 1. The number of carbonyl (C=O) groups excluding carboxylic acids is 1. The van der Waals surface area contributed by atoms with Gasteiger partial charge in [0.05, 0.1) is 24.4 Å². The predicted molar refractivity (Wildman–Crippen MR) is 152 cm³/mol. The standard InChI is InChI=1S/C28H26ClF3N8O3/c1-3-4-13-42-23-15-19(29)14-22-24(23)39(2)27(33-20-9-11-21(12-10-20)43-28(30,31)32)40(22)16-17-5-7-18(8-6-17)25(41)34-26-35-37-38-36-26/h5-12,14-15H,3-4,13,16H2,1-2H3,(H2,34,35,36,37,38,41). The maximum Gasteiger partial charge on any atom is 0.573 e. The number of carbonyl (C=O) groups is 1. The van der Waals surface area contributed by atoms with Crippen molar-refractivity contribution in [3.63, 3.8) is 0 Å². The molecule has 2 N–H and O–H groups in total. The quantitative estimate of drug-likeness (QED) is 0.193. The highest BCUT2D eigenvalue weighted by Crippen LogP contribution is 2.31. The van der Waals surface area contributed by atoms with Gasteiger partial charge >= 0.3 is 6.36 Å². The summed E-state index contributed by atoms with van der Waals surface area (Å²) in [6.07, 6.45) is -2.99. The van der Waals surface area contributed by atoms with Crippen LogP contribution in [0.15, 0.2) is 65.7 Å². The summed E-state index contributed by atoms with van der Waals surface area (Å²) in [4.78, 5) is 17.3. The van der Waals surface area contributed by atoms with Crippen LogP contribution in [0.1, 0.15) is 35.7 Å². The maximum atomic E-state index is 12.6. The number of H-pyrrole nitrogens is 1. The number of aryl methyl sites for hydroxylation is 1. The van der Waals surface area contributed by atoms with E-state index in [1.165, 1.54) is 24.3 Å². The zero-order valence-electron chi connectivity index (χ0n) is 23.0. The third-order valence-electron chi connectivity index (χ3n) is 6.38. The molecule has 5 aromatic rings. The molecule has 0 bridgehead atoms. The summed E-state index contributed by atoms with van der Waals surface area (Å²) < 4.78 is 51.8. The van der Waals surface area contributed by atoms with Crippen molar-refractivity contribution >= 4 is 40.2 Å². The second-order valence-electron chi connectivity index (χ2n) is 9.47. The van der Waals surface area contributed by atoms with Crippen molar-refractivity contribution in [2.24, 2.45) is 12.0 Å². The van der Waals surface area contributed by atoms with Gasteiger partial charge in [0.1, 0.15) is 17.0 Å². The summed E-state index contributed by atoms with van der Waals surface area (Å²) in [5.74, 6) is -0.0364. The average molecular weight is 615 g/mol. The van der Waals surface area contributed by atoms with Crippen LogP contribution < -0.4 is 20.4 Å². The van der Waals surface area contributed by atoms with Gasteiger partial charge in [-0.3, -0.25) is 10.1 Å². The molecule has 0 atom stereocenters. The van der Waals surface area contributed by atoms with E-state index in [0.717, 1.165) is 29.4 Å². The Labute approximate surface area is 247 Å². The number of nitrogens with one attached hydrogen (secondary N) is 2. The number of nitrogens with zero attached hydrogens (tertiary/aromatic N) is 6. The van der Waals surface area contributed by atoms with E-state index in [9.17, 15) is 18.0 Å². The van der Waals surface area contributed by atoms with Crippen molar-refractivity contribution in [3.8, 4) is 11.5 Å². The van der Waals surface area contributed by atoms with E-state index in [0.29, 0.717) is 40.8 Å². The van der Waals surface area contributed by atoms with E-state index in [4.69, 9.17) is 21.3 Å². The highest BCUT2D eigenvalue weighted by molar-refractivity contribution is 6.31. The molecule has 0 unspecified atom stereocenters. The summed E-state index contributed by atoms with van der Waals surface area (Å²) in [5.41, 5.74) is 3.60. The van der Waals surface area contributed by atoms with E-state index in [2.05, 4.69) is 37.6 Å². The molecule has 5 rings (SSSR count). The zero-order valence-corrected chi connectivity index (χ0v) is 23.8. The maximum absolute atomic E-state index is 12.6. The fraction of sp³-hybridized carbons (Fsp3) is 0.250. The Morgan fingerprint density at radius 1 is 1.12 bits per heavy atom. The number of imidazole rings is 1. The number of unbranched alkanes of at least 4 members (excludes halogenated alkanes) is 1. The Morgan fingerprint density at radius 2 is 1.86 bits per heavy atom. The van der Waals surface area contributed by atoms with E-state index in [1.807, 2.05) is 16.2 Å². The molecule has 224 valence electrons. The molecule has 15 heteroatoms. The minimum absolute atomic E-state index is 0.124. The van der Waals surface area contributed by atoms with Gasteiger partial charge in [-0.15, -0.1) is 13.2 Å². The Morgan fingerprint density at radius 3 is 2.51 bits per heavy atom. The summed E-state index contributed by atoms with van der Waals surface area (Å²) in [7, 11) is 1.82. The van der Waals surface area contributed by atoms with Crippen LogP contribution in [-0.2, 0) is 13.6 Å². The normalized spacial score (nSPS) is 12.1. The monoisotopic (exact) mass is 614 g/mol. The number of anilines is 1. The molecule has 2 aromatic heterocycles. The van der Waals surface area contributed by atoms with Gasteiger partial charge < -0.3 is 18.6 Å². The van der Waals surface area contributed by atoms with Gasteiger partial charge in [0.2, 0.25) is 11.6 Å². The lowest BCUT2D eigenvalue weighted by molar-refractivity contribution is -0.274. The highest BCUT2D eigenvalue weighted by Gasteiger charge is 2.31. The average Bonchev–Trinajstić information content (AvgIpc) is 3.56. The number of rotatable bonds is 10. The van der Waals surface area contributed by atoms with Crippen LogP contribution in [-0.4, -0.2) is 48.6 Å². The Bertz CT molecular complexity index is 1780. The molecular formula is C28H26ClF3N8O3.